The van der Waals surface area contributed by atoms with E-state index in [9.17, 15) is 18.4 Å². The Kier molecular flexibility index (Phi) is 8.43. The first-order valence-electron chi connectivity index (χ1n) is 9.01. The van der Waals surface area contributed by atoms with Crippen LogP contribution < -0.4 is 10.6 Å². The molecule has 0 bridgehead atoms. The van der Waals surface area contributed by atoms with Gasteiger partial charge in [-0.3, -0.25) is 9.59 Å². The van der Waals surface area contributed by atoms with Crippen molar-refractivity contribution >= 4 is 17.5 Å². The first-order valence-corrected chi connectivity index (χ1v) is 9.01. The molecule has 30 heavy (non-hydrogen) atoms. The molecule has 2 amide bonds. The fraction of sp³-hybridized carbons (Fsp3) is 0.136. The molecule has 156 valence electrons. The minimum Gasteiger partial charge on any atom is -0.410 e. The van der Waals surface area contributed by atoms with E-state index < -0.39 is 5.91 Å². The third-order valence-electron chi connectivity index (χ3n) is 4.03. The van der Waals surface area contributed by atoms with E-state index in [4.69, 9.17) is 5.21 Å². The minimum absolute atomic E-state index is 0.132. The van der Waals surface area contributed by atoms with Crippen LogP contribution in [0.2, 0.25) is 0 Å². The van der Waals surface area contributed by atoms with Gasteiger partial charge in [0, 0.05) is 18.7 Å². The highest BCUT2D eigenvalue weighted by Crippen LogP contribution is 2.04. The zero-order chi connectivity index (χ0) is 21.9. The predicted molar refractivity (Wildman–Crippen MR) is 109 cm³/mol. The van der Waals surface area contributed by atoms with Gasteiger partial charge in [0.2, 0.25) is 5.91 Å². The Hall–Kier alpha value is -3.81. The summed E-state index contributed by atoms with van der Waals surface area (Å²) in [6.07, 6.45) is 4.11. The molecular formula is C22H21F2N3O3. The Morgan fingerprint density at radius 3 is 1.83 bits per heavy atom. The monoisotopic (exact) mass is 413 g/mol. The lowest BCUT2D eigenvalue weighted by molar-refractivity contribution is -0.117. The topological polar surface area (TPSA) is 90.8 Å². The van der Waals surface area contributed by atoms with Crippen molar-refractivity contribution in [3.05, 3.63) is 95.1 Å². The zero-order valence-electron chi connectivity index (χ0n) is 16.2. The molecule has 0 saturated heterocycles. The average molecular weight is 413 g/mol. The molecule has 3 N–H and O–H groups in total. The van der Waals surface area contributed by atoms with Gasteiger partial charge >= 0.3 is 0 Å². The van der Waals surface area contributed by atoms with Gasteiger partial charge in [-0.05, 0) is 48.4 Å². The minimum atomic E-state index is -0.634. The van der Waals surface area contributed by atoms with E-state index >= 15 is 0 Å². The van der Waals surface area contributed by atoms with E-state index in [1.807, 2.05) is 0 Å². The number of oxime groups is 1. The second-order valence-corrected chi connectivity index (χ2v) is 6.31. The summed E-state index contributed by atoms with van der Waals surface area (Å²) in [7, 11) is 0. The summed E-state index contributed by atoms with van der Waals surface area (Å²) in [5.74, 6) is -1.71. The molecule has 2 aromatic carbocycles. The molecule has 0 atom stereocenters. The van der Waals surface area contributed by atoms with Gasteiger partial charge in [0.15, 0.2) is 5.71 Å². The maximum absolute atomic E-state index is 12.9. The van der Waals surface area contributed by atoms with Gasteiger partial charge in [0.25, 0.3) is 5.91 Å². The molecule has 0 unspecified atom stereocenters. The fourth-order valence-electron chi connectivity index (χ4n) is 2.31. The van der Waals surface area contributed by atoms with Crippen LogP contribution in [0.25, 0.3) is 0 Å². The van der Waals surface area contributed by atoms with Gasteiger partial charge in [0.05, 0.1) is 0 Å². The van der Waals surface area contributed by atoms with Crippen molar-refractivity contribution in [2.24, 2.45) is 5.16 Å². The normalized spacial score (nSPS) is 12.1. The number of nitrogens with one attached hydrogen (secondary N) is 2. The lowest BCUT2D eigenvalue weighted by atomic mass is 10.2. The van der Waals surface area contributed by atoms with Crippen LogP contribution in [0.4, 0.5) is 8.78 Å². The number of allylic oxidation sites excluding steroid dienone is 2. The molecule has 0 aliphatic heterocycles. The summed E-state index contributed by atoms with van der Waals surface area (Å²) in [6.45, 7) is 1.95. The Labute approximate surface area is 172 Å². The standard InChI is InChI=1S/C22H21F2N3O3/c1-15(21(28)25-13-16-5-9-18(23)10-6-16)3-2-4-20(27-30)22(29)26-14-17-7-11-19(24)12-8-17/h2-12,30H,13-14H2,1H3,(H,25,28)(H,26,29)/b4-2-,15-3+,27-20-. The third kappa shape index (κ3) is 7.31. The summed E-state index contributed by atoms with van der Waals surface area (Å²) >= 11 is 0. The van der Waals surface area contributed by atoms with E-state index in [-0.39, 0.29) is 36.3 Å². The predicted octanol–water partition coefficient (Wildman–Crippen LogP) is 3.23. The van der Waals surface area contributed by atoms with Crippen molar-refractivity contribution in [2.75, 3.05) is 0 Å². The van der Waals surface area contributed by atoms with Crippen molar-refractivity contribution in [3.8, 4) is 0 Å². The molecular weight excluding hydrogens is 392 g/mol. The van der Waals surface area contributed by atoms with Gasteiger partial charge in [0.1, 0.15) is 11.6 Å². The second kappa shape index (κ2) is 11.3. The van der Waals surface area contributed by atoms with Crippen LogP contribution in [0.15, 0.2) is 77.5 Å². The lowest BCUT2D eigenvalue weighted by Crippen LogP contribution is -2.29. The Morgan fingerprint density at radius 1 is 0.900 bits per heavy atom. The molecule has 0 radical (unpaired) electrons. The summed E-state index contributed by atoms with van der Waals surface area (Å²) in [4.78, 5) is 24.1. The molecule has 0 fully saturated rings. The van der Waals surface area contributed by atoms with Gasteiger partial charge in [-0.1, -0.05) is 41.6 Å². The number of halogens is 2. The smallest absolute Gasteiger partial charge is 0.273 e. The van der Waals surface area contributed by atoms with Crippen molar-refractivity contribution in [2.45, 2.75) is 20.0 Å². The summed E-state index contributed by atoms with van der Waals surface area (Å²) in [5.41, 5.74) is 1.53. The van der Waals surface area contributed by atoms with Crippen molar-refractivity contribution < 1.29 is 23.6 Å². The van der Waals surface area contributed by atoms with E-state index in [1.54, 1.807) is 19.1 Å². The molecule has 0 spiro atoms. The molecule has 8 heteroatoms. The molecule has 0 aliphatic rings. The Balaban J connectivity index is 1.85. The van der Waals surface area contributed by atoms with Crippen LogP contribution in [-0.2, 0) is 22.7 Å². The summed E-state index contributed by atoms with van der Waals surface area (Å²) < 4.78 is 25.8. The van der Waals surface area contributed by atoms with E-state index in [1.165, 1.54) is 54.6 Å². The van der Waals surface area contributed by atoms with Crippen LogP contribution in [0.3, 0.4) is 0 Å². The van der Waals surface area contributed by atoms with Crippen LogP contribution in [0.5, 0.6) is 0 Å². The Bertz CT molecular complexity index is 966. The highest BCUT2D eigenvalue weighted by atomic mass is 19.1. The van der Waals surface area contributed by atoms with Crippen molar-refractivity contribution in [3.63, 3.8) is 0 Å². The van der Waals surface area contributed by atoms with Crippen LogP contribution in [-0.4, -0.2) is 22.7 Å². The Morgan fingerprint density at radius 2 is 1.37 bits per heavy atom. The fourth-order valence-corrected chi connectivity index (χ4v) is 2.31. The van der Waals surface area contributed by atoms with Gasteiger partial charge < -0.3 is 15.8 Å². The number of nitrogens with zero attached hydrogens (tertiary/aromatic N) is 1. The highest BCUT2D eigenvalue weighted by Gasteiger charge is 2.09. The molecule has 0 aliphatic carbocycles. The number of hydrogen-bond donors (Lipinski definition) is 3. The SMILES string of the molecule is C\C(=C/C=C\C(=N\O)C(=O)NCc1ccc(F)cc1)C(=O)NCc1ccc(F)cc1. The zero-order valence-corrected chi connectivity index (χ0v) is 16.2. The van der Waals surface area contributed by atoms with Crippen molar-refractivity contribution in [1.29, 1.82) is 0 Å². The number of hydrogen-bond acceptors (Lipinski definition) is 4. The quantitative estimate of drug-likeness (QED) is 0.204. The van der Waals surface area contributed by atoms with Crippen LogP contribution >= 0.6 is 0 Å². The molecule has 0 saturated carbocycles. The number of carbonyl (C=O) groups is 2. The third-order valence-corrected chi connectivity index (χ3v) is 4.03. The molecule has 2 aromatic rings. The summed E-state index contributed by atoms with van der Waals surface area (Å²) in [6, 6.07) is 11.4. The first-order chi connectivity index (χ1) is 14.4. The molecule has 2 rings (SSSR count). The maximum Gasteiger partial charge on any atom is 0.273 e. The van der Waals surface area contributed by atoms with Gasteiger partial charge in [-0.2, -0.15) is 0 Å². The van der Waals surface area contributed by atoms with E-state index in [0.717, 1.165) is 5.56 Å². The van der Waals surface area contributed by atoms with Crippen molar-refractivity contribution in [1.82, 2.24) is 10.6 Å². The number of carbonyl (C=O) groups excluding carboxylic acids is 2. The van der Waals surface area contributed by atoms with E-state index in [0.29, 0.717) is 11.1 Å². The van der Waals surface area contributed by atoms with Gasteiger partial charge in [-0.25, -0.2) is 8.78 Å². The second-order valence-electron chi connectivity index (χ2n) is 6.31. The molecule has 0 heterocycles. The molecule has 0 aromatic heterocycles. The van der Waals surface area contributed by atoms with E-state index in [2.05, 4.69) is 15.8 Å². The van der Waals surface area contributed by atoms with Crippen LogP contribution in [0, 0.1) is 11.6 Å². The highest BCUT2D eigenvalue weighted by molar-refractivity contribution is 6.43. The lowest BCUT2D eigenvalue weighted by Gasteiger charge is -2.05. The maximum atomic E-state index is 12.9. The summed E-state index contributed by atoms with van der Waals surface area (Å²) in [5, 5.41) is 17.2. The largest absolute Gasteiger partial charge is 0.410 e. The number of benzene rings is 2. The number of amides is 2. The number of rotatable bonds is 8. The molecule has 6 nitrogen and oxygen atoms in total. The van der Waals surface area contributed by atoms with Crippen LogP contribution in [0.1, 0.15) is 18.1 Å². The van der Waals surface area contributed by atoms with Gasteiger partial charge in [-0.15, -0.1) is 0 Å². The first kappa shape index (κ1) is 22.5. The average Bonchev–Trinajstić information content (AvgIpc) is 2.75.